The minimum atomic E-state index is -0.524. The summed E-state index contributed by atoms with van der Waals surface area (Å²) in [6.07, 6.45) is 5.05. The fourth-order valence-electron chi connectivity index (χ4n) is 3.93. The maximum Gasteiger partial charge on any atom is 0.410 e. The summed E-state index contributed by atoms with van der Waals surface area (Å²) >= 11 is 0. The molecule has 2 amide bonds. The third-order valence-corrected chi connectivity index (χ3v) is 5.57. The van der Waals surface area contributed by atoms with Gasteiger partial charge in [-0.05, 0) is 77.0 Å². The maximum atomic E-state index is 12.4. The molecule has 0 fully saturated rings. The molecule has 1 aromatic heterocycles. The van der Waals surface area contributed by atoms with Gasteiger partial charge in [-0.1, -0.05) is 12.1 Å². The molecule has 0 unspecified atom stereocenters. The van der Waals surface area contributed by atoms with Crippen molar-refractivity contribution in [2.24, 2.45) is 0 Å². The number of aromatic nitrogens is 2. The number of anilines is 1. The van der Waals surface area contributed by atoms with Crippen molar-refractivity contribution in [3.8, 4) is 11.3 Å². The van der Waals surface area contributed by atoms with E-state index in [-0.39, 0.29) is 17.6 Å². The summed E-state index contributed by atoms with van der Waals surface area (Å²) in [7, 11) is 1.70. The fraction of sp³-hybridized carbons (Fsp3) is 0.520. The summed E-state index contributed by atoms with van der Waals surface area (Å²) in [4.78, 5) is 38.1. The van der Waals surface area contributed by atoms with Gasteiger partial charge in [-0.25, -0.2) is 9.89 Å². The zero-order valence-corrected chi connectivity index (χ0v) is 20.0. The minimum Gasteiger partial charge on any atom is -0.444 e. The molecule has 0 bridgehead atoms. The minimum absolute atomic E-state index is 0.0801. The molecule has 2 aromatic rings. The van der Waals surface area contributed by atoms with Crippen LogP contribution in [0.1, 0.15) is 64.0 Å². The molecule has 178 valence electrons. The van der Waals surface area contributed by atoms with Crippen LogP contribution in [0.4, 0.5) is 10.5 Å². The summed E-state index contributed by atoms with van der Waals surface area (Å²) in [6, 6.07) is 7.56. The first kappa shape index (κ1) is 24.5. The number of fused-ring (bicyclic) bond motifs is 1. The number of carbonyl (C=O) groups is 2. The molecule has 1 heterocycles. The molecule has 33 heavy (non-hydrogen) atoms. The summed E-state index contributed by atoms with van der Waals surface area (Å²) in [6.45, 7) is 6.03. The van der Waals surface area contributed by atoms with E-state index in [4.69, 9.17) is 4.74 Å². The van der Waals surface area contributed by atoms with Crippen LogP contribution in [0.2, 0.25) is 0 Å². The van der Waals surface area contributed by atoms with Gasteiger partial charge in [0.15, 0.2) is 0 Å². The van der Waals surface area contributed by atoms with E-state index in [2.05, 4.69) is 15.5 Å². The first-order valence-corrected chi connectivity index (χ1v) is 11.6. The predicted octanol–water partition coefficient (Wildman–Crippen LogP) is 4.29. The lowest BCUT2D eigenvalue weighted by Gasteiger charge is -2.24. The number of rotatable bonds is 7. The number of amides is 2. The van der Waals surface area contributed by atoms with Crippen molar-refractivity contribution < 1.29 is 14.3 Å². The maximum absolute atomic E-state index is 12.4. The Hall–Kier alpha value is -3.16. The molecule has 1 aromatic carbocycles. The Kier molecular flexibility index (Phi) is 7.89. The molecule has 0 atom stereocenters. The lowest BCUT2D eigenvalue weighted by Crippen LogP contribution is -2.34. The largest absolute Gasteiger partial charge is 0.444 e. The molecule has 8 nitrogen and oxygen atoms in total. The van der Waals surface area contributed by atoms with Crippen LogP contribution in [-0.4, -0.2) is 46.3 Å². The van der Waals surface area contributed by atoms with Gasteiger partial charge < -0.3 is 15.0 Å². The predicted molar refractivity (Wildman–Crippen MR) is 128 cm³/mol. The lowest BCUT2D eigenvalue weighted by atomic mass is 9.90. The second kappa shape index (κ2) is 10.6. The highest BCUT2D eigenvalue weighted by Crippen LogP contribution is 2.29. The SMILES string of the molecule is CN(CCCCC(=O)Nc1cccc(-c2n[nH]c(=O)c3c2CCCC3)c1)C(=O)OC(C)(C)C. The molecule has 1 aliphatic carbocycles. The van der Waals surface area contributed by atoms with E-state index in [0.29, 0.717) is 31.5 Å². The van der Waals surface area contributed by atoms with Crippen LogP contribution in [-0.2, 0) is 22.4 Å². The number of carbonyl (C=O) groups excluding carboxylic acids is 2. The highest BCUT2D eigenvalue weighted by atomic mass is 16.6. The van der Waals surface area contributed by atoms with Crippen LogP contribution in [0.15, 0.2) is 29.1 Å². The Morgan fingerprint density at radius 3 is 2.61 bits per heavy atom. The topological polar surface area (TPSA) is 104 Å². The molecule has 2 N–H and O–H groups in total. The van der Waals surface area contributed by atoms with Crippen molar-refractivity contribution in [3.05, 3.63) is 45.7 Å². The van der Waals surface area contributed by atoms with Gasteiger partial charge in [0, 0.05) is 36.8 Å². The van der Waals surface area contributed by atoms with E-state index in [1.807, 2.05) is 45.0 Å². The Morgan fingerprint density at radius 2 is 1.88 bits per heavy atom. The summed E-state index contributed by atoms with van der Waals surface area (Å²) in [5.41, 5.74) is 3.58. The zero-order chi connectivity index (χ0) is 24.0. The van der Waals surface area contributed by atoms with E-state index in [0.717, 1.165) is 48.1 Å². The van der Waals surface area contributed by atoms with Gasteiger partial charge in [-0.3, -0.25) is 9.59 Å². The Morgan fingerprint density at radius 1 is 1.15 bits per heavy atom. The molecule has 3 rings (SSSR count). The molecule has 1 aliphatic rings. The molecule has 0 aliphatic heterocycles. The molecular formula is C25H34N4O4. The normalized spacial score (nSPS) is 13.2. The number of benzene rings is 1. The van der Waals surface area contributed by atoms with Crippen LogP contribution >= 0.6 is 0 Å². The van der Waals surface area contributed by atoms with Crippen LogP contribution < -0.4 is 10.9 Å². The number of ether oxygens (including phenoxy) is 1. The number of hydrogen-bond donors (Lipinski definition) is 2. The second-order valence-corrected chi connectivity index (χ2v) is 9.55. The van der Waals surface area contributed by atoms with E-state index in [1.165, 1.54) is 4.90 Å². The van der Waals surface area contributed by atoms with Gasteiger partial charge >= 0.3 is 6.09 Å². The molecule has 0 spiro atoms. The Bertz CT molecular complexity index is 1060. The summed E-state index contributed by atoms with van der Waals surface area (Å²) in [5.74, 6) is -0.0801. The van der Waals surface area contributed by atoms with Crippen LogP contribution in [0, 0.1) is 0 Å². The molecule has 0 saturated heterocycles. The van der Waals surface area contributed by atoms with Gasteiger partial charge in [0.1, 0.15) is 5.60 Å². The quantitative estimate of drug-likeness (QED) is 0.607. The number of hydrogen-bond acceptors (Lipinski definition) is 5. The van der Waals surface area contributed by atoms with Crippen LogP contribution in [0.5, 0.6) is 0 Å². The van der Waals surface area contributed by atoms with Crippen molar-refractivity contribution in [2.75, 3.05) is 18.9 Å². The van der Waals surface area contributed by atoms with Gasteiger partial charge in [0.05, 0.1) is 5.69 Å². The number of nitrogens with one attached hydrogen (secondary N) is 2. The number of nitrogens with zero attached hydrogens (tertiary/aromatic N) is 2. The number of unbranched alkanes of at least 4 members (excludes halogenated alkanes) is 1. The van der Waals surface area contributed by atoms with Crippen molar-refractivity contribution in [3.63, 3.8) is 0 Å². The monoisotopic (exact) mass is 454 g/mol. The molecule has 0 saturated carbocycles. The van der Waals surface area contributed by atoms with Gasteiger partial charge in [-0.2, -0.15) is 5.10 Å². The van der Waals surface area contributed by atoms with Crippen molar-refractivity contribution >= 4 is 17.7 Å². The molecular weight excluding hydrogens is 420 g/mol. The van der Waals surface area contributed by atoms with Crippen LogP contribution in [0.3, 0.4) is 0 Å². The number of aromatic amines is 1. The summed E-state index contributed by atoms with van der Waals surface area (Å²) in [5, 5.41) is 9.87. The third-order valence-electron chi connectivity index (χ3n) is 5.57. The highest BCUT2D eigenvalue weighted by molar-refractivity contribution is 5.91. The standard InChI is InChI=1S/C25H34N4O4/c1-25(2,3)33-24(32)29(4)15-8-7-14-21(30)26-18-11-9-10-17(16-18)22-19-12-5-6-13-20(19)23(31)28-27-22/h9-11,16H,5-8,12-15H2,1-4H3,(H,26,30)(H,28,31). The molecule has 0 radical (unpaired) electrons. The summed E-state index contributed by atoms with van der Waals surface area (Å²) < 4.78 is 5.33. The first-order valence-electron chi connectivity index (χ1n) is 11.6. The zero-order valence-electron chi connectivity index (χ0n) is 20.0. The van der Waals surface area contributed by atoms with Crippen molar-refractivity contribution in [1.29, 1.82) is 0 Å². The first-order chi connectivity index (χ1) is 15.6. The highest BCUT2D eigenvalue weighted by Gasteiger charge is 2.20. The average molecular weight is 455 g/mol. The van der Waals surface area contributed by atoms with E-state index >= 15 is 0 Å². The average Bonchev–Trinajstić information content (AvgIpc) is 2.76. The van der Waals surface area contributed by atoms with Crippen LogP contribution in [0.25, 0.3) is 11.3 Å². The number of H-pyrrole nitrogens is 1. The Labute approximate surface area is 194 Å². The third kappa shape index (κ3) is 6.91. The van der Waals surface area contributed by atoms with Gasteiger partial charge in [-0.15, -0.1) is 0 Å². The van der Waals surface area contributed by atoms with Gasteiger partial charge in [0.2, 0.25) is 5.91 Å². The van der Waals surface area contributed by atoms with Crippen molar-refractivity contribution in [2.45, 2.75) is 71.3 Å². The van der Waals surface area contributed by atoms with E-state index in [9.17, 15) is 14.4 Å². The van der Waals surface area contributed by atoms with Crippen molar-refractivity contribution in [1.82, 2.24) is 15.1 Å². The van der Waals surface area contributed by atoms with E-state index in [1.54, 1.807) is 7.05 Å². The molecule has 8 heteroatoms. The smallest absolute Gasteiger partial charge is 0.410 e. The van der Waals surface area contributed by atoms with E-state index < -0.39 is 5.60 Å². The second-order valence-electron chi connectivity index (χ2n) is 9.55. The van der Waals surface area contributed by atoms with Gasteiger partial charge in [0.25, 0.3) is 5.56 Å². The lowest BCUT2D eigenvalue weighted by molar-refractivity contribution is -0.116. The fourth-order valence-corrected chi connectivity index (χ4v) is 3.93. The Balaban J connectivity index is 1.54.